The summed E-state index contributed by atoms with van der Waals surface area (Å²) in [5, 5.41) is 7.86. The van der Waals surface area contributed by atoms with Gasteiger partial charge in [0, 0.05) is 50.3 Å². The van der Waals surface area contributed by atoms with Gasteiger partial charge in [-0.15, -0.1) is 0 Å². The smallest absolute Gasteiger partial charge is 0.247 e. The molecule has 0 aliphatic carbocycles. The molecule has 0 radical (unpaired) electrons. The number of aromatic nitrogens is 2. The molecule has 1 unspecified atom stereocenters. The predicted molar refractivity (Wildman–Crippen MR) is 154 cm³/mol. The van der Waals surface area contributed by atoms with Gasteiger partial charge in [-0.2, -0.15) is 0 Å². The van der Waals surface area contributed by atoms with E-state index in [0.29, 0.717) is 52.9 Å². The lowest BCUT2D eigenvalue weighted by molar-refractivity contribution is -0.111. The molecule has 1 atom stereocenters. The third kappa shape index (κ3) is 5.70. The van der Waals surface area contributed by atoms with E-state index in [1.165, 1.54) is 12.4 Å². The molecule has 2 aliphatic heterocycles. The molecule has 2 fully saturated rings. The molecule has 40 heavy (non-hydrogen) atoms. The van der Waals surface area contributed by atoms with Crippen molar-refractivity contribution < 1.29 is 18.8 Å². The van der Waals surface area contributed by atoms with Gasteiger partial charge in [0.25, 0.3) is 0 Å². The standard InChI is InChI=1S/C29H34FN7O3/c1-5-28(38)34-21-15-22(25(39-4)16-24(21)36-12-10-35(3)11-13-36)33-26-17-27(32-18-31-26)37-23(9-14-40-37)20-8-6-7-19(2)29(20)30/h5-8,15-18,23H,1,9-14H2,2-4H3,(H,34,38)(H,31,32,33). The summed E-state index contributed by atoms with van der Waals surface area (Å²) in [4.78, 5) is 31.5. The Morgan fingerprint density at radius 1 is 1.18 bits per heavy atom. The minimum atomic E-state index is -0.319. The topological polar surface area (TPSA) is 95.1 Å². The predicted octanol–water partition coefficient (Wildman–Crippen LogP) is 4.44. The maximum absolute atomic E-state index is 14.9. The first kappa shape index (κ1) is 27.4. The number of likely N-dealkylation sites (N-methyl/N-ethyl adjacent to an activating group) is 1. The molecule has 2 N–H and O–H groups in total. The van der Waals surface area contributed by atoms with Crippen LogP contribution in [0.5, 0.6) is 5.75 Å². The molecule has 2 aromatic carbocycles. The summed E-state index contributed by atoms with van der Waals surface area (Å²) >= 11 is 0. The summed E-state index contributed by atoms with van der Waals surface area (Å²) in [7, 11) is 3.69. The highest BCUT2D eigenvalue weighted by atomic mass is 19.1. The van der Waals surface area contributed by atoms with E-state index in [-0.39, 0.29) is 17.8 Å². The van der Waals surface area contributed by atoms with Crippen molar-refractivity contribution in [3.63, 3.8) is 0 Å². The number of carbonyl (C=O) groups is 1. The van der Waals surface area contributed by atoms with Gasteiger partial charge >= 0.3 is 0 Å². The molecule has 2 saturated heterocycles. The van der Waals surface area contributed by atoms with Gasteiger partial charge in [0.05, 0.1) is 36.8 Å². The van der Waals surface area contributed by atoms with Crippen molar-refractivity contribution in [1.82, 2.24) is 14.9 Å². The molecule has 5 rings (SSSR count). The number of aryl methyl sites for hydroxylation is 1. The van der Waals surface area contributed by atoms with Crippen LogP contribution in [0.3, 0.4) is 0 Å². The first-order chi connectivity index (χ1) is 19.4. The fourth-order valence-corrected chi connectivity index (χ4v) is 5.01. The second-order valence-corrected chi connectivity index (χ2v) is 9.88. The molecule has 1 amide bonds. The molecule has 0 saturated carbocycles. The lowest BCUT2D eigenvalue weighted by atomic mass is 10.0. The van der Waals surface area contributed by atoms with Crippen LogP contribution in [0.2, 0.25) is 0 Å². The number of nitrogens with zero attached hydrogens (tertiary/aromatic N) is 5. The van der Waals surface area contributed by atoms with E-state index < -0.39 is 0 Å². The number of halogens is 1. The molecule has 3 heterocycles. The van der Waals surface area contributed by atoms with Gasteiger partial charge < -0.3 is 25.2 Å². The van der Waals surface area contributed by atoms with Gasteiger partial charge in [-0.25, -0.2) is 19.4 Å². The number of hydroxylamine groups is 1. The average Bonchev–Trinajstić information content (AvgIpc) is 3.45. The molecule has 0 bridgehead atoms. The second kappa shape index (κ2) is 11.9. The zero-order chi connectivity index (χ0) is 28.2. The van der Waals surface area contributed by atoms with E-state index in [1.54, 1.807) is 37.3 Å². The van der Waals surface area contributed by atoms with Crippen LogP contribution in [0.4, 0.5) is 33.1 Å². The Balaban J connectivity index is 1.45. The summed E-state index contributed by atoms with van der Waals surface area (Å²) in [5.41, 5.74) is 3.25. The third-order valence-corrected chi connectivity index (χ3v) is 7.23. The number of ether oxygens (including phenoxy) is 1. The van der Waals surface area contributed by atoms with Gasteiger partial charge in [0.1, 0.15) is 23.7 Å². The summed E-state index contributed by atoms with van der Waals surface area (Å²) in [6.45, 7) is 9.23. The number of hydrogen-bond acceptors (Lipinski definition) is 9. The lowest BCUT2D eigenvalue weighted by Gasteiger charge is -2.35. The van der Waals surface area contributed by atoms with Crippen molar-refractivity contribution >= 4 is 34.6 Å². The Hall–Kier alpha value is -4.22. The van der Waals surface area contributed by atoms with Gasteiger partial charge in [-0.1, -0.05) is 24.8 Å². The van der Waals surface area contributed by atoms with Crippen molar-refractivity contribution in [1.29, 1.82) is 0 Å². The number of methoxy groups -OCH3 is 1. The molecular formula is C29H34FN7O3. The number of hydrogen-bond donors (Lipinski definition) is 2. The van der Waals surface area contributed by atoms with E-state index in [1.807, 2.05) is 18.2 Å². The van der Waals surface area contributed by atoms with Crippen molar-refractivity contribution in [2.24, 2.45) is 0 Å². The number of nitrogens with one attached hydrogen (secondary N) is 2. The van der Waals surface area contributed by atoms with Crippen molar-refractivity contribution in [2.45, 2.75) is 19.4 Å². The zero-order valence-electron chi connectivity index (χ0n) is 23.0. The summed E-state index contributed by atoms with van der Waals surface area (Å²) < 4.78 is 20.7. The Morgan fingerprint density at radius 2 is 1.98 bits per heavy atom. The third-order valence-electron chi connectivity index (χ3n) is 7.23. The number of carbonyl (C=O) groups excluding carboxylic acids is 1. The van der Waals surface area contributed by atoms with Crippen molar-refractivity contribution in [2.75, 3.05) is 67.5 Å². The highest BCUT2D eigenvalue weighted by molar-refractivity contribution is 6.02. The molecular weight excluding hydrogens is 513 g/mol. The van der Waals surface area contributed by atoms with E-state index >= 15 is 0 Å². The molecule has 11 heteroatoms. The van der Waals surface area contributed by atoms with E-state index in [4.69, 9.17) is 9.57 Å². The summed E-state index contributed by atoms with van der Waals surface area (Å²) in [5.74, 6) is 1.01. The van der Waals surface area contributed by atoms with Gasteiger partial charge in [0.2, 0.25) is 5.91 Å². The zero-order valence-corrected chi connectivity index (χ0v) is 23.0. The molecule has 0 spiro atoms. The van der Waals surface area contributed by atoms with Crippen LogP contribution in [0.15, 0.2) is 55.4 Å². The van der Waals surface area contributed by atoms with Gasteiger partial charge in [0.15, 0.2) is 5.82 Å². The van der Waals surface area contributed by atoms with Gasteiger partial charge in [-0.05, 0) is 31.7 Å². The van der Waals surface area contributed by atoms with Crippen LogP contribution in [-0.2, 0) is 9.63 Å². The highest BCUT2D eigenvalue weighted by Gasteiger charge is 2.31. The number of rotatable bonds is 8. The first-order valence-electron chi connectivity index (χ1n) is 13.2. The van der Waals surface area contributed by atoms with Crippen LogP contribution in [0, 0.1) is 12.7 Å². The second-order valence-electron chi connectivity index (χ2n) is 9.88. The molecule has 1 aromatic heterocycles. The van der Waals surface area contributed by atoms with E-state index in [0.717, 1.165) is 31.9 Å². The van der Waals surface area contributed by atoms with Gasteiger partial charge in [-0.3, -0.25) is 9.63 Å². The van der Waals surface area contributed by atoms with Crippen LogP contribution in [0.25, 0.3) is 0 Å². The normalized spacial score (nSPS) is 17.6. The number of amides is 1. The van der Waals surface area contributed by atoms with Crippen LogP contribution in [-0.4, -0.2) is 67.7 Å². The first-order valence-corrected chi connectivity index (χ1v) is 13.2. The quantitative estimate of drug-likeness (QED) is 0.397. The monoisotopic (exact) mass is 547 g/mol. The Labute approximate surface area is 233 Å². The minimum Gasteiger partial charge on any atom is -0.494 e. The highest BCUT2D eigenvalue weighted by Crippen LogP contribution is 2.40. The van der Waals surface area contributed by atoms with E-state index in [2.05, 4.69) is 44.0 Å². The number of piperazine rings is 1. The fourth-order valence-electron chi connectivity index (χ4n) is 5.01. The average molecular weight is 548 g/mol. The minimum absolute atomic E-state index is 0.241. The molecule has 3 aromatic rings. The van der Waals surface area contributed by atoms with Crippen molar-refractivity contribution in [3.05, 3.63) is 72.3 Å². The molecule has 10 nitrogen and oxygen atoms in total. The van der Waals surface area contributed by atoms with Crippen LogP contribution >= 0.6 is 0 Å². The number of anilines is 5. The van der Waals surface area contributed by atoms with Crippen LogP contribution in [0.1, 0.15) is 23.6 Å². The van der Waals surface area contributed by atoms with E-state index in [9.17, 15) is 9.18 Å². The molecule has 2 aliphatic rings. The number of benzene rings is 2. The fraction of sp³-hybridized carbons (Fsp3) is 0.345. The Kier molecular flexibility index (Phi) is 8.13. The Morgan fingerprint density at radius 3 is 2.73 bits per heavy atom. The molecule has 210 valence electrons. The summed E-state index contributed by atoms with van der Waals surface area (Å²) in [6, 6.07) is 10.5. The maximum atomic E-state index is 14.9. The lowest BCUT2D eigenvalue weighted by Crippen LogP contribution is -2.44. The SMILES string of the molecule is C=CC(=O)Nc1cc(Nc2cc(N3OCCC3c3cccc(C)c3F)ncn2)c(OC)cc1N1CCN(C)CC1. The summed E-state index contributed by atoms with van der Waals surface area (Å²) in [6.07, 6.45) is 3.29. The van der Waals surface area contributed by atoms with Crippen molar-refractivity contribution in [3.8, 4) is 5.75 Å². The largest absolute Gasteiger partial charge is 0.494 e. The maximum Gasteiger partial charge on any atom is 0.247 e. The van der Waals surface area contributed by atoms with Crippen LogP contribution < -0.4 is 25.3 Å². The Bertz CT molecular complexity index is 1390.